The van der Waals surface area contributed by atoms with Crippen molar-refractivity contribution in [1.29, 1.82) is 0 Å². The van der Waals surface area contributed by atoms with Gasteiger partial charge in [0.05, 0.1) is 0 Å². The average Bonchev–Trinajstić information content (AvgIpc) is 2.61. The predicted molar refractivity (Wildman–Crippen MR) is 95.1 cm³/mol. The van der Waals surface area contributed by atoms with Crippen molar-refractivity contribution in [2.75, 3.05) is 17.3 Å². The number of anilines is 2. The first kappa shape index (κ1) is 16.8. The van der Waals surface area contributed by atoms with Crippen LogP contribution in [0.1, 0.15) is 13.8 Å². The lowest BCUT2D eigenvalue weighted by atomic mass is 10.1. The van der Waals surface area contributed by atoms with E-state index in [2.05, 4.69) is 5.32 Å². The average molecular weight is 340 g/mol. The van der Waals surface area contributed by atoms with Gasteiger partial charge in [-0.1, -0.05) is 12.1 Å². The van der Waals surface area contributed by atoms with E-state index < -0.39 is 12.2 Å². The highest BCUT2D eigenvalue weighted by Crippen LogP contribution is 2.33. The minimum Gasteiger partial charge on any atom is -0.482 e. The lowest BCUT2D eigenvalue weighted by molar-refractivity contribution is -0.128. The normalized spacial score (nSPS) is 18.4. The Hall–Kier alpha value is -3.02. The second kappa shape index (κ2) is 6.84. The molecular weight excluding hydrogens is 320 g/mol. The molecule has 6 heteroatoms. The first-order chi connectivity index (χ1) is 12.0. The molecule has 1 N–H and O–H groups in total. The number of ether oxygens (including phenoxy) is 2. The minimum atomic E-state index is -0.741. The molecule has 2 aromatic rings. The van der Waals surface area contributed by atoms with E-state index in [0.717, 1.165) is 5.69 Å². The van der Waals surface area contributed by atoms with Crippen LogP contribution in [0, 0.1) is 0 Å². The maximum absolute atomic E-state index is 12.5. The van der Waals surface area contributed by atoms with Crippen molar-refractivity contribution in [2.24, 2.45) is 0 Å². The third kappa shape index (κ3) is 3.57. The fourth-order valence-electron chi connectivity index (χ4n) is 2.57. The fourth-order valence-corrected chi connectivity index (χ4v) is 2.57. The molecule has 2 aromatic carbocycles. The number of carbonyl (C=O) groups excluding carboxylic acids is 2. The Morgan fingerprint density at radius 3 is 2.20 bits per heavy atom. The maximum atomic E-state index is 12.5. The number of hydrogen-bond donors (Lipinski definition) is 1. The van der Waals surface area contributed by atoms with Crippen molar-refractivity contribution in [1.82, 2.24) is 0 Å². The van der Waals surface area contributed by atoms with E-state index in [1.54, 1.807) is 44.3 Å². The number of rotatable bonds is 3. The number of fused-ring (bicyclic) bond motifs is 1. The van der Waals surface area contributed by atoms with Crippen LogP contribution in [0.4, 0.5) is 11.4 Å². The van der Waals surface area contributed by atoms with E-state index in [1.165, 1.54) is 11.8 Å². The van der Waals surface area contributed by atoms with Crippen molar-refractivity contribution in [2.45, 2.75) is 26.1 Å². The Bertz CT molecular complexity index is 788. The molecule has 0 radical (unpaired) electrons. The summed E-state index contributed by atoms with van der Waals surface area (Å²) in [5.74, 6) is 0.849. The molecule has 0 saturated heterocycles. The molecule has 2 amide bonds. The van der Waals surface area contributed by atoms with Crippen LogP contribution in [-0.4, -0.2) is 31.1 Å². The summed E-state index contributed by atoms with van der Waals surface area (Å²) in [5, 5.41) is 2.82. The van der Waals surface area contributed by atoms with Crippen molar-refractivity contribution < 1.29 is 19.1 Å². The van der Waals surface area contributed by atoms with Crippen LogP contribution in [-0.2, 0) is 9.59 Å². The lowest BCUT2D eigenvalue weighted by Crippen LogP contribution is -2.46. The van der Waals surface area contributed by atoms with Crippen molar-refractivity contribution in [3.63, 3.8) is 0 Å². The van der Waals surface area contributed by atoms with Gasteiger partial charge in [0.25, 0.3) is 5.91 Å². The van der Waals surface area contributed by atoms with Crippen LogP contribution in [0.2, 0.25) is 0 Å². The molecular formula is C19H20N2O4. The third-order valence-electron chi connectivity index (χ3n) is 4.10. The van der Waals surface area contributed by atoms with Crippen molar-refractivity contribution >= 4 is 23.2 Å². The quantitative estimate of drug-likeness (QED) is 0.933. The predicted octanol–water partition coefficient (Wildman–Crippen LogP) is 2.84. The zero-order valence-electron chi connectivity index (χ0n) is 14.4. The number of hydrogen-bond acceptors (Lipinski definition) is 4. The number of benzene rings is 2. The molecule has 6 nitrogen and oxygen atoms in total. The van der Waals surface area contributed by atoms with Gasteiger partial charge in [0.15, 0.2) is 11.5 Å². The third-order valence-corrected chi connectivity index (χ3v) is 4.10. The van der Waals surface area contributed by atoms with E-state index in [9.17, 15) is 9.59 Å². The summed E-state index contributed by atoms with van der Waals surface area (Å²) in [6, 6.07) is 14.3. The molecule has 0 saturated carbocycles. The Morgan fingerprint density at radius 2 is 1.60 bits per heavy atom. The van der Waals surface area contributed by atoms with Gasteiger partial charge in [-0.05, 0) is 43.3 Å². The van der Waals surface area contributed by atoms with E-state index in [4.69, 9.17) is 9.47 Å². The molecule has 0 spiro atoms. The number of para-hydroxylation sites is 2. The lowest BCUT2D eigenvalue weighted by Gasteiger charge is -2.31. The summed E-state index contributed by atoms with van der Waals surface area (Å²) in [4.78, 5) is 25.4. The molecule has 25 heavy (non-hydrogen) atoms. The summed E-state index contributed by atoms with van der Waals surface area (Å²) in [6.45, 7) is 3.29. The van der Waals surface area contributed by atoms with Gasteiger partial charge < -0.3 is 19.7 Å². The van der Waals surface area contributed by atoms with Gasteiger partial charge in [0, 0.05) is 25.3 Å². The summed E-state index contributed by atoms with van der Waals surface area (Å²) >= 11 is 0. The SMILES string of the molecule is CC(=O)N(C)c1ccc(NC(=O)[C@H]2Oc3ccccc3O[C@H]2C)cc1. The van der Waals surface area contributed by atoms with E-state index >= 15 is 0 Å². The van der Waals surface area contributed by atoms with Gasteiger partial charge in [-0.3, -0.25) is 9.59 Å². The monoisotopic (exact) mass is 340 g/mol. The molecule has 0 unspecified atom stereocenters. The second-order valence-electron chi connectivity index (χ2n) is 5.92. The number of carbonyl (C=O) groups is 2. The summed E-state index contributed by atoms with van der Waals surface area (Å²) < 4.78 is 11.5. The van der Waals surface area contributed by atoms with Gasteiger partial charge in [-0.25, -0.2) is 0 Å². The molecule has 0 aromatic heterocycles. The fraction of sp³-hybridized carbons (Fsp3) is 0.263. The molecule has 2 atom stereocenters. The Kier molecular flexibility index (Phi) is 4.61. The van der Waals surface area contributed by atoms with Crippen LogP contribution in [0.25, 0.3) is 0 Å². The van der Waals surface area contributed by atoms with E-state index in [1.807, 2.05) is 18.2 Å². The van der Waals surface area contributed by atoms with Gasteiger partial charge in [-0.2, -0.15) is 0 Å². The van der Waals surface area contributed by atoms with Gasteiger partial charge >= 0.3 is 0 Å². The standard InChI is InChI=1S/C19H20N2O4/c1-12-18(25-17-7-5-4-6-16(17)24-12)19(23)20-14-8-10-15(11-9-14)21(3)13(2)22/h4-12,18H,1-3H3,(H,20,23)/t12-,18-/m0/s1. The summed E-state index contributed by atoms with van der Waals surface area (Å²) in [6.07, 6.45) is -1.15. The smallest absolute Gasteiger partial charge is 0.269 e. The van der Waals surface area contributed by atoms with Gasteiger partial charge in [-0.15, -0.1) is 0 Å². The Balaban J connectivity index is 1.69. The number of amides is 2. The molecule has 0 fully saturated rings. The van der Waals surface area contributed by atoms with Gasteiger partial charge in [0.1, 0.15) is 6.10 Å². The molecule has 3 rings (SSSR count). The van der Waals surface area contributed by atoms with E-state index in [0.29, 0.717) is 17.2 Å². The summed E-state index contributed by atoms with van der Waals surface area (Å²) in [7, 11) is 1.70. The zero-order valence-corrected chi connectivity index (χ0v) is 14.4. The van der Waals surface area contributed by atoms with Crippen LogP contribution >= 0.6 is 0 Å². The molecule has 1 heterocycles. The van der Waals surface area contributed by atoms with Crippen molar-refractivity contribution in [3.05, 3.63) is 48.5 Å². The largest absolute Gasteiger partial charge is 0.482 e. The highest BCUT2D eigenvalue weighted by Gasteiger charge is 2.34. The van der Waals surface area contributed by atoms with Gasteiger partial charge in [0.2, 0.25) is 12.0 Å². The Labute approximate surface area is 146 Å². The number of nitrogens with zero attached hydrogens (tertiary/aromatic N) is 1. The maximum Gasteiger partial charge on any atom is 0.269 e. The first-order valence-corrected chi connectivity index (χ1v) is 8.03. The minimum absolute atomic E-state index is 0.0583. The topological polar surface area (TPSA) is 67.9 Å². The highest BCUT2D eigenvalue weighted by atomic mass is 16.6. The van der Waals surface area contributed by atoms with E-state index in [-0.39, 0.29) is 11.8 Å². The molecule has 0 aliphatic carbocycles. The van der Waals surface area contributed by atoms with Crippen LogP contribution in [0.15, 0.2) is 48.5 Å². The van der Waals surface area contributed by atoms with Crippen LogP contribution < -0.4 is 19.7 Å². The molecule has 1 aliphatic rings. The van der Waals surface area contributed by atoms with Crippen LogP contribution in [0.3, 0.4) is 0 Å². The molecule has 0 bridgehead atoms. The molecule has 1 aliphatic heterocycles. The second-order valence-corrected chi connectivity index (χ2v) is 5.92. The summed E-state index contributed by atoms with van der Waals surface area (Å²) in [5.41, 5.74) is 1.38. The highest BCUT2D eigenvalue weighted by molar-refractivity contribution is 5.96. The molecule has 130 valence electrons. The van der Waals surface area contributed by atoms with Crippen LogP contribution in [0.5, 0.6) is 11.5 Å². The number of nitrogens with one attached hydrogen (secondary N) is 1. The zero-order chi connectivity index (χ0) is 18.0. The first-order valence-electron chi connectivity index (χ1n) is 8.03. The van der Waals surface area contributed by atoms with Crippen molar-refractivity contribution in [3.8, 4) is 11.5 Å². The Morgan fingerprint density at radius 1 is 1.00 bits per heavy atom.